The standard InChI is InChI=1S/C18H23NO2/c1-2-11-19-13-17-9-6-10-18(12-17)21-15-20-14-16-7-4-3-5-8-16/h3-10,12,19H,2,11,13-15H2,1H3. The van der Waals surface area contributed by atoms with Gasteiger partial charge in [-0.1, -0.05) is 49.4 Å². The normalized spacial score (nSPS) is 10.5. The summed E-state index contributed by atoms with van der Waals surface area (Å²) in [7, 11) is 0. The summed E-state index contributed by atoms with van der Waals surface area (Å²) in [6.07, 6.45) is 1.14. The molecule has 112 valence electrons. The molecule has 0 radical (unpaired) electrons. The molecule has 0 saturated heterocycles. The fourth-order valence-corrected chi connectivity index (χ4v) is 2.00. The Morgan fingerprint density at radius 3 is 2.57 bits per heavy atom. The van der Waals surface area contributed by atoms with Crippen LogP contribution < -0.4 is 10.1 Å². The van der Waals surface area contributed by atoms with E-state index in [0.717, 1.165) is 30.8 Å². The molecule has 2 aromatic rings. The summed E-state index contributed by atoms with van der Waals surface area (Å²) >= 11 is 0. The molecule has 0 saturated carbocycles. The van der Waals surface area contributed by atoms with Crippen LogP contribution in [0.4, 0.5) is 0 Å². The highest BCUT2D eigenvalue weighted by Crippen LogP contribution is 2.13. The van der Waals surface area contributed by atoms with Gasteiger partial charge in [0.05, 0.1) is 6.61 Å². The Kier molecular flexibility index (Phi) is 6.78. The van der Waals surface area contributed by atoms with E-state index in [1.807, 2.05) is 42.5 Å². The first kappa shape index (κ1) is 15.5. The Balaban J connectivity index is 1.71. The quantitative estimate of drug-likeness (QED) is 0.562. The maximum Gasteiger partial charge on any atom is 0.189 e. The van der Waals surface area contributed by atoms with Gasteiger partial charge in [0.1, 0.15) is 5.75 Å². The maximum atomic E-state index is 5.62. The van der Waals surface area contributed by atoms with Crippen molar-refractivity contribution in [3.63, 3.8) is 0 Å². The van der Waals surface area contributed by atoms with E-state index in [1.54, 1.807) is 0 Å². The first-order valence-corrected chi connectivity index (χ1v) is 7.42. The van der Waals surface area contributed by atoms with E-state index < -0.39 is 0 Å². The highest BCUT2D eigenvalue weighted by atomic mass is 16.7. The maximum absolute atomic E-state index is 5.62. The van der Waals surface area contributed by atoms with Gasteiger partial charge >= 0.3 is 0 Å². The summed E-state index contributed by atoms with van der Waals surface area (Å²) < 4.78 is 11.1. The number of hydrogen-bond donors (Lipinski definition) is 1. The molecule has 0 aromatic heterocycles. The van der Waals surface area contributed by atoms with E-state index in [1.165, 1.54) is 5.56 Å². The van der Waals surface area contributed by atoms with Crippen LogP contribution in [-0.4, -0.2) is 13.3 Å². The van der Waals surface area contributed by atoms with Gasteiger partial charge in [-0.05, 0) is 36.2 Å². The van der Waals surface area contributed by atoms with Gasteiger partial charge < -0.3 is 14.8 Å². The Morgan fingerprint density at radius 1 is 0.952 bits per heavy atom. The van der Waals surface area contributed by atoms with Gasteiger partial charge in [0.2, 0.25) is 0 Å². The van der Waals surface area contributed by atoms with Crippen molar-refractivity contribution in [2.45, 2.75) is 26.5 Å². The molecule has 21 heavy (non-hydrogen) atoms. The van der Waals surface area contributed by atoms with E-state index in [9.17, 15) is 0 Å². The molecule has 0 heterocycles. The van der Waals surface area contributed by atoms with Gasteiger partial charge in [0, 0.05) is 6.54 Å². The number of benzene rings is 2. The van der Waals surface area contributed by atoms with Crippen LogP contribution in [0, 0.1) is 0 Å². The average molecular weight is 285 g/mol. The average Bonchev–Trinajstić information content (AvgIpc) is 2.53. The lowest BCUT2D eigenvalue weighted by Gasteiger charge is -2.09. The molecule has 2 rings (SSSR count). The van der Waals surface area contributed by atoms with Gasteiger partial charge in [-0.2, -0.15) is 0 Å². The zero-order valence-corrected chi connectivity index (χ0v) is 12.5. The molecule has 1 N–H and O–H groups in total. The third-order valence-corrected chi connectivity index (χ3v) is 3.07. The van der Waals surface area contributed by atoms with Crippen LogP contribution in [-0.2, 0) is 17.9 Å². The summed E-state index contributed by atoms with van der Waals surface area (Å²) in [6, 6.07) is 18.2. The monoisotopic (exact) mass is 285 g/mol. The second-order valence-corrected chi connectivity index (χ2v) is 4.92. The number of hydrogen-bond acceptors (Lipinski definition) is 3. The number of nitrogens with one attached hydrogen (secondary N) is 1. The number of rotatable bonds is 9. The molecule has 2 aromatic carbocycles. The van der Waals surface area contributed by atoms with Crippen molar-refractivity contribution in [1.29, 1.82) is 0 Å². The summed E-state index contributed by atoms with van der Waals surface area (Å²) in [5.41, 5.74) is 2.38. The smallest absolute Gasteiger partial charge is 0.189 e. The molecule has 0 fully saturated rings. The van der Waals surface area contributed by atoms with Crippen molar-refractivity contribution in [2.75, 3.05) is 13.3 Å². The van der Waals surface area contributed by atoms with E-state index in [0.29, 0.717) is 6.61 Å². The lowest BCUT2D eigenvalue weighted by molar-refractivity contribution is 0.00501. The SMILES string of the molecule is CCCNCc1cccc(OCOCc2ccccc2)c1. The topological polar surface area (TPSA) is 30.5 Å². The van der Waals surface area contributed by atoms with Gasteiger partial charge in [-0.3, -0.25) is 0 Å². The van der Waals surface area contributed by atoms with Gasteiger partial charge in [-0.25, -0.2) is 0 Å². The minimum Gasteiger partial charge on any atom is -0.468 e. The molecule has 0 aliphatic heterocycles. The van der Waals surface area contributed by atoms with Crippen molar-refractivity contribution in [3.05, 3.63) is 65.7 Å². The number of ether oxygens (including phenoxy) is 2. The van der Waals surface area contributed by atoms with Gasteiger partial charge in [0.15, 0.2) is 6.79 Å². The Hall–Kier alpha value is -1.84. The Morgan fingerprint density at radius 2 is 1.76 bits per heavy atom. The lowest BCUT2D eigenvalue weighted by Crippen LogP contribution is -2.13. The summed E-state index contributed by atoms with van der Waals surface area (Å²) in [5, 5.41) is 3.38. The third kappa shape index (κ3) is 5.98. The van der Waals surface area contributed by atoms with E-state index in [4.69, 9.17) is 9.47 Å². The van der Waals surface area contributed by atoms with Crippen molar-refractivity contribution in [1.82, 2.24) is 5.32 Å². The highest BCUT2D eigenvalue weighted by molar-refractivity contribution is 5.28. The summed E-state index contributed by atoms with van der Waals surface area (Å²) in [4.78, 5) is 0. The molecule has 3 heteroatoms. The van der Waals surface area contributed by atoms with E-state index in [-0.39, 0.29) is 6.79 Å². The van der Waals surface area contributed by atoms with Gasteiger partial charge in [0.25, 0.3) is 0 Å². The summed E-state index contributed by atoms with van der Waals surface area (Å²) in [5.74, 6) is 0.846. The molecule has 0 aliphatic carbocycles. The fraction of sp³-hybridized carbons (Fsp3) is 0.333. The summed E-state index contributed by atoms with van der Waals surface area (Å²) in [6.45, 7) is 4.90. The second-order valence-electron chi connectivity index (χ2n) is 4.92. The molecule has 0 unspecified atom stereocenters. The predicted molar refractivity (Wildman–Crippen MR) is 85.2 cm³/mol. The first-order valence-electron chi connectivity index (χ1n) is 7.42. The first-order chi connectivity index (χ1) is 10.4. The van der Waals surface area contributed by atoms with Crippen LogP contribution in [0.25, 0.3) is 0 Å². The molecule has 0 atom stereocenters. The molecule has 0 spiro atoms. The van der Waals surface area contributed by atoms with E-state index in [2.05, 4.69) is 24.4 Å². The van der Waals surface area contributed by atoms with E-state index >= 15 is 0 Å². The van der Waals surface area contributed by atoms with Crippen LogP contribution in [0.2, 0.25) is 0 Å². The zero-order chi connectivity index (χ0) is 14.8. The fourth-order valence-electron chi connectivity index (χ4n) is 2.00. The van der Waals surface area contributed by atoms with Crippen molar-refractivity contribution in [2.24, 2.45) is 0 Å². The zero-order valence-electron chi connectivity index (χ0n) is 12.5. The molecular formula is C18H23NO2. The molecular weight excluding hydrogens is 262 g/mol. The molecule has 0 amide bonds. The Labute approximate surface area is 126 Å². The molecule has 3 nitrogen and oxygen atoms in total. The second kappa shape index (κ2) is 9.16. The van der Waals surface area contributed by atoms with Gasteiger partial charge in [-0.15, -0.1) is 0 Å². The molecule has 0 bridgehead atoms. The van der Waals surface area contributed by atoms with Crippen LogP contribution in [0.15, 0.2) is 54.6 Å². The minimum absolute atomic E-state index is 0.265. The van der Waals surface area contributed by atoms with Crippen LogP contribution >= 0.6 is 0 Å². The van der Waals surface area contributed by atoms with Crippen LogP contribution in [0.1, 0.15) is 24.5 Å². The third-order valence-electron chi connectivity index (χ3n) is 3.07. The van der Waals surface area contributed by atoms with Crippen molar-refractivity contribution < 1.29 is 9.47 Å². The minimum atomic E-state index is 0.265. The lowest BCUT2D eigenvalue weighted by atomic mass is 10.2. The largest absolute Gasteiger partial charge is 0.468 e. The van der Waals surface area contributed by atoms with Crippen LogP contribution in [0.3, 0.4) is 0 Å². The van der Waals surface area contributed by atoms with Crippen LogP contribution in [0.5, 0.6) is 5.75 Å². The van der Waals surface area contributed by atoms with Crippen molar-refractivity contribution in [3.8, 4) is 5.75 Å². The predicted octanol–water partition coefficient (Wildman–Crippen LogP) is 3.74. The molecule has 0 aliphatic rings. The van der Waals surface area contributed by atoms with Crippen molar-refractivity contribution >= 4 is 0 Å². The highest BCUT2D eigenvalue weighted by Gasteiger charge is 1.98. The Bertz CT molecular complexity index is 514.